The minimum atomic E-state index is -4.28. The lowest BCUT2D eigenvalue weighted by Gasteiger charge is -2.19. The van der Waals surface area contributed by atoms with Crippen LogP contribution in [0.3, 0.4) is 0 Å². The number of anilines is 2. The summed E-state index contributed by atoms with van der Waals surface area (Å²) in [5, 5.41) is 0.278. The minimum Gasteiger partial charge on any atom is -0.495 e. The molecule has 0 saturated carbocycles. The highest BCUT2D eigenvalue weighted by Crippen LogP contribution is 2.36. The summed E-state index contributed by atoms with van der Waals surface area (Å²) >= 11 is 5.98. The molecule has 0 spiro atoms. The van der Waals surface area contributed by atoms with Crippen LogP contribution < -0.4 is 18.5 Å². The van der Waals surface area contributed by atoms with E-state index in [9.17, 15) is 21.6 Å². The SMILES string of the molecule is CCOc1ccc(N2C(=O)C(C)CS2(=O)=O)cc1S(=O)(=O)Nc1cc(Cl)ccc1OC. The fraction of sp³-hybridized carbons (Fsp3) is 0.316. The van der Waals surface area contributed by atoms with E-state index in [1.54, 1.807) is 6.92 Å². The van der Waals surface area contributed by atoms with Gasteiger partial charge in [0.25, 0.3) is 10.0 Å². The van der Waals surface area contributed by atoms with Crippen LogP contribution in [0.4, 0.5) is 11.4 Å². The van der Waals surface area contributed by atoms with Crippen molar-refractivity contribution in [1.29, 1.82) is 0 Å². The van der Waals surface area contributed by atoms with Crippen molar-refractivity contribution in [3.8, 4) is 11.5 Å². The number of benzene rings is 2. The molecule has 2 aromatic carbocycles. The van der Waals surface area contributed by atoms with Crippen LogP contribution in [-0.4, -0.2) is 42.2 Å². The summed E-state index contributed by atoms with van der Waals surface area (Å²) in [5.41, 5.74) is -0.00224. The molecule has 1 unspecified atom stereocenters. The molecule has 9 nitrogen and oxygen atoms in total. The molecule has 1 heterocycles. The number of nitrogens with zero attached hydrogens (tertiary/aromatic N) is 1. The van der Waals surface area contributed by atoms with Crippen molar-refractivity contribution < 1.29 is 31.1 Å². The Labute approximate surface area is 186 Å². The molecule has 1 fully saturated rings. The number of methoxy groups -OCH3 is 1. The van der Waals surface area contributed by atoms with Crippen molar-refractivity contribution in [2.45, 2.75) is 18.7 Å². The lowest BCUT2D eigenvalue weighted by atomic mass is 10.2. The van der Waals surface area contributed by atoms with Crippen LogP contribution in [0.1, 0.15) is 13.8 Å². The average Bonchev–Trinajstić information content (AvgIpc) is 2.89. The molecular weight excluding hydrogens is 468 g/mol. The number of hydrogen-bond donors (Lipinski definition) is 1. The predicted molar refractivity (Wildman–Crippen MR) is 117 cm³/mol. The molecule has 168 valence electrons. The van der Waals surface area contributed by atoms with Gasteiger partial charge in [-0.2, -0.15) is 0 Å². The van der Waals surface area contributed by atoms with Crippen molar-refractivity contribution in [3.05, 3.63) is 41.4 Å². The Morgan fingerprint density at radius 3 is 2.45 bits per heavy atom. The topological polar surface area (TPSA) is 119 Å². The highest BCUT2D eigenvalue weighted by molar-refractivity contribution is 7.94. The third-order valence-corrected chi connectivity index (χ3v) is 8.01. The highest BCUT2D eigenvalue weighted by atomic mass is 35.5. The first-order chi connectivity index (χ1) is 14.5. The van der Waals surface area contributed by atoms with Crippen LogP contribution in [0.25, 0.3) is 0 Å². The monoisotopic (exact) mass is 488 g/mol. The maximum atomic E-state index is 13.2. The molecule has 0 bridgehead atoms. The molecule has 0 aromatic heterocycles. The molecule has 2 aromatic rings. The second-order valence-electron chi connectivity index (χ2n) is 6.80. The van der Waals surface area contributed by atoms with Gasteiger partial charge >= 0.3 is 0 Å². The molecule has 0 radical (unpaired) electrons. The number of ether oxygens (including phenoxy) is 2. The zero-order valence-electron chi connectivity index (χ0n) is 17.0. The molecule has 12 heteroatoms. The first-order valence-electron chi connectivity index (χ1n) is 9.20. The molecule has 1 aliphatic rings. The van der Waals surface area contributed by atoms with Gasteiger partial charge in [0, 0.05) is 5.02 Å². The van der Waals surface area contributed by atoms with Crippen molar-refractivity contribution in [1.82, 2.24) is 0 Å². The number of sulfonamides is 2. The van der Waals surface area contributed by atoms with E-state index < -0.39 is 31.9 Å². The Morgan fingerprint density at radius 2 is 1.87 bits per heavy atom. The van der Waals surface area contributed by atoms with E-state index in [4.69, 9.17) is 21.1 Å². The second-order valence-corrected chi connectivity index (χ2v) is 10.7. The molecule has 1 atom stereocenters. The van der Waals surface area contributed by atoms with Crippen molar-refractivity contribution in [3.63, 3.8) is 0 Å². The van der Waals surface area contributed by atoms with Gasteiger partial charge in [0.05, 0.1) is 36.8 Å². The number of nitrogens with one attached hydrogen (secondary N) is 1. The fourth-order valence-corrected chi connectivity index (χ4v) is 6.37. The first-order valence-corrected chi connectivity index (χ1v) is 12.7. The van der Waals surface area contributed by atoms with Crippen LogP contribution in [0.15, 0.2) is 41.3 Å². The minimum absolute atomic E-state index is 0.00293. The summed E-state index contributed by atoms with van der Waals surface area (Å²) < 4.78 is 64.9. The molecule has 3 rings (SSSR count). The van der Waals surface area contributed by atoms with Gasteiger partial charge < -0.3 is 9.47 Å². The summed E-state index contributed by atoms with van der Waals surface area (Å²) in [7, 11) is -6.82. The second kappa shape index (κ2) is 8.56. The Bertz CT molecular complexity index is 1230. The van der Waals surface area contributed by atoms with E-state index in [2.05, 4.69) is 4.72 Å². The number of carbonyl (C=O) groups is 1. The van der Waals surface area contributed by atoms with Crippen molar-refractivity contribution in [2.75, 3.05) is 28.5 Å². The zero-order valence-corrected chi connectivity index (χ0v) is 19.3. The van der Waals surface area contributed by atoms with Gasteiger partial charge in [0.2, 0.25) is 15.9 Å². The average molecular weight is 489 g/mol. The Hall–Kier alpha value is -2.50. The number of rotatable bonds is 7. The smallest absolute Gasteiger partial charge is 0.265 e. The van der Waals surface area contributed by atoms with Crippen LogP contribution in [0, 0.1) is 5.92 Å². The summed E-state index contributed by atoms with van der Waals surface area (Å²) in [6, 6.07) is 8.15. The lowest BCUT2D eigenvalue weighted by Crippen LogP contribution is -2.30. The quantitative estimate of drug-likeness (QED) is 0.636. The summed E-state index contributed by atoms with van der Waals surface area (Å²) in [4.78, 5) is 12.1. The van der Waals surface area contributed by atoms with Gasteiger partial charge in [-0.05, 0) is 43.3 Å². The van der Waals surface area contributed by atoms with E-state index >= 15 is 0 Å². The van der Waals surface area contributed by atoms with Gasteiger partial charge in [-0.25, -0.2) is 21.1 Å². The van der Waals surface area contributed by atoms with Crippen LogP contribution in [-0.2, 0) is 24.8 Å². The standard InChI is InChI=1S/C19H21ClN2O7S2/c1-4-29-17-8-6-14(22-19(23)12(2)11-30(22,24)25)10-18(17)31(26,27)21-15-9-13(20)5-7-16(15)28-3/h5-10,12,21H,4,11H2,1-3H3. The maximum absolute atomic E-state index is 13.2. The van der Waals surface area contributed by atoms with Gasteiger partial charge in [0.1, 0.15) is 16.4 Å². The Morgan fingerprint density at radius 1 is 1.19 bits per heavy atom. The molecule has 1 saturated heterocycles. The third-order valence-electron chi connectivity index (χ3n) is 4.52. The first kappa shape index (κ1) is 23.2. The molecule has 0 aliphatic carbocycles. The largest absolute Gasteiger partial charge is 0.495 e. The summed E-state index contributed by atoms with van der Waals surface area (Å²) in [6.45, 7) is 3.34. The Kier molecular flexibility index (Phi) is 6.40. The molecule has 31 heavy (non-hydrogen) atoms. The van der Waals surface area contributed by atoms with Gasteiger partial charge in [-0.3, -0.25) is 9.52 Å². The van der Waals surface area contributed by atoms with E-state index in [1.807, 2.05) is 0 Å². The molecule has 1 N–H and O–H groups in total. The molecule has 1 aliphatic heterocycles. The Balaban J connectivity index is 2.12. The van der Waals surface area contributed by atoms with E-state index in [0.717, 1.165) is 6.07 Å². The van der Waals surface area contributed by atoms with Crippen molar-refractivity contribution in [2.24, 2.45) is 5.92 Å². The number of hydrogen-bond acceptors (Lipinski definition) is 7. The number of amides is 1. The third kappa shape index (κ3) is 4.58. The number of carbonyl (C=O) groups excluding carboxylic acids is 1. The van der Waals surface area contributed by atoms with Crippen LogP contribution in [0.5, 0.6) is 11.5 Å². The van der Waals surface area contributed by atoms with E-state index in [-0.39, 0.29) is 45.2 Å². The maximum Gasteiger partial charge on any atom is 0.265 e. The molecular formula is C19H21ClN2O7S2. The highest BCUT2D eigenvalue weighted by Gasteiger charge is 2.42. The van der Waals surface area contributed by atoms with Gasteiger partial charge in [-0.15, -0.1) is 0 Å². The number of halogens is 1. The normalized spacial score (nSPS) is 18.1. The summed E-state index contributed by atoms with van der Waals surface area (Å²) in [5.74, 6) is -1.48. The lowest BCUT2D eigenvalue weighted by molar-refractivity contribution is -0.119. The van der Waals surface area contributed by atoms with Gasteiger partial charge in [-0.1, -0.05) is 18.5 Å². The predicted octanol–water partition coefficient (Wildman–Crippen LogP) is 2.86. The van der Waals surface area contributed by atoms with Crippen LogP contribution >= 0.6 is 11.6 Å². The fourth-order valence-electron chi connectivity index (χ4n) is 3.15. The molecule has 1 amide bonds. The van der Waals surface area contributed by atoms with Gasteiger partial charge in [0.15, 0.2) is 0 Å². The zero-order chi connectivity index (χ0) is 23.0. The van der Waals surface area contributed by atoms with Crippen molar-refractivity contribution >= 4 is 48.9 Å². The van der Waals surface area contributed by atoms with Crippen LogP contribution in [0.2, 0.25) is 5.02 Å². The van der Waals surface area contributed by atoms with E-state index in [0.29, 0.717) is 4.31 Å². The van der Waals surface area contributed by atoms with E-state index in [1.165, 1.54) is 44.4 Å². The summed E-state index contributed by atoms with van der Waals surface area (Å²) in [6.07, 6.45) is 0.